The predicted molar refractivity (Wildman–Crippen MR) is 61.8 cm³/mol. The molecule has 0 saturated carbocycles. The van der Waals surface area contributed by atoms with Crippen LogP contribution in [0, 0.1) is 0 Å². The number of nitrogens with one attached hydrogen (secondary N) is 1. The van der Waals surface area contributed by atoms with Crippen LogP contribution in [-0.2, 0) is 9.53 Å². The maximum absolute atomic E-state index is 10.9. The van der Waals surface area contributed by atoms with E-state index in [0.29, 0.717) is 19.2 Å². The van der Waals surface area contributed by atoms with Gasteiger partial charge in [0.1, 0.15) is 0 Å². The summed E-state index contributed by atoms with van der Waals surface area (Å²) in [5, 5.41) is 3.28. The summed E-state index contributed by atoms with van der Waals surface area (Å²) in [7, 11) is 4.07. The van der Waals surface area contributed by atoms with E-state index >= 15 is 0 Å². The fourth-order valence-electron chi connectivity index (χ4n) is 1.23. The first-order valence-corrected chi connectivity index (χ1v) is 5.27. The van der Waals surface area contributed by atoms with Crippen molar-refractivity contribution in [2.45, 2.75) is 19.9 Å². The Bertz CT molecular complexity index is 203. The average molecular weight is 214 g/mol. The molecule has 4 heteroatoms. The van der Waals surface area contributed by atoms with Crippen LogP contribution in [0.2, 0.25) is 0 Å². The van der Waals surface area contributed by atoms with E-state index in [-0.39, 0.29) is 5.97 Å². The van der Waals surface area contributed by atoms with E-state index in [1.807, 2.05) is 14.1 Å². The maximum atomic E-state index is 10.9. The fourth-order valence-corrected chi connectivity index (χ4v) is 1.23. The normalized spacial score (nSPS) is 13.4. The topological polar surface area (TPSA) is 41.6 Å². The van der Waals surface area contributed by atoms with Crippen molar-refractivity contribution in [1.29, 1.82) is 0 Å². The van der Waals surface area contributed by atoms with Crippen LogP contribution in [-0.4, -0.2) is 50.7 Å². The molecular weight excluding hydrogens is 192 g/mol. The molecule has 0 radical (unpaired) electrons. The third-order valence-corrected chi connectivity index (χ3v) is 1.76. The number of carbonyl (C=O) groups excluding carboxylic acids is 1. The molecule has 0 rings (SSSR count). The van der Waals surface area contributed by atoms with Gasteiger partial charge in [-0.2, -0.15) is 0 Å². The molecule has 0 saturated heterocycles. The van der Waals surface area contributed by atoms with E-state index in [0.717, 1.165) is 6.54 Å². The van der Waals surface area contributed by atoms with Gasteiger partial charge < -0.3 is 15.0 Å². The SMILES string of the molecule is CCOC(=O)/C=C/CNC(C)CN(C)C. The molecule has 0 fully saturated rings. The number of ether oxygens (including phenoxy) is 1. The summed E-state index contributed by atoms with van der Waals surface area (Å²) in [5.74, 6) is -0.278. The molecule has 88 valence electrons. The summed E-state index contributed by atoms with van der Waals surface area (Å²) in [6.45, 7) is 6.00. The number of likely N-dealkylation sites (N-methyl/N-ethyl adjacent to an activating group) is 1. The summed E-state index contributed by atoms with van der Waals surface area (Å²) in [6, 6.07) is 0.409. The molecule has 0 aliphatic carbocycles. The van der Waals surface area contributed by atoms with Gasteiger partial charge in [-0.25, -0.2) is 4.79 Å². The third kappa shape index (κ3) is 9.43. The Morgan fingerprint density at radius 3 is 2.73 bits per heavy atom. The van der Waals surface area contributed by atoms with Gasteiger partial charge in [0, 0.05) is 25.2 Å². The average Bonchev–Trinajstić information content (AvgIpc) is 2.12. The summed E-state index contributed by atoms with van der Waals surface area (Å²) >= 11 is 0. The Morgan fingerprint density at radius 1 is 1.53 bits per heavy atom. The molecule has 0 bridgehead atoms. The molecule has 0 spiro atoms. The van der Waals surface area contributed by atoms with Crippen LogP contribution in [0.15, 0.2) is 12.2 Å². The molecule has 15 heavy (non-hydrogen) atoms. The van der Waals surface area contributed by atoms with Crippen molar-refractivity contribution in [1.82, 2.24) is 10.2 Å². The van der Waals surface area contributed by atoms with E-state index in [4.69, 9.17) is 4.74 Å². The predicted octanol–water partition coefficient (Wildman–Crippen LogP) is 0.645. The molecule has 1 N–H and O–H groups in total. The zero-order valence-electron chi connectivity index (χ0n) is 10.1. The lowest BCUT2D eigenvalue weighted by atomic mass is 10.3. The van der Waals surface area contributed by atoms with Crippen molar-refractivity contribution in [3.05, 3.63) is 12.2 Å². The Labute approximate surface area is 92.3 Å². The molecule has 1 unspecified atom stereocenters. The smallest absolute Gasteiger partial charge is 0.330 e. The molecule has 0 heterocycles. The van der Waals surface area contributed by atoms with E-state index in [1.165, 1.54) is 6.08 Å². The van der Waals surface area contributed by atoms with Crippen molar-refractivity contribution in [2.24, 2.45) is 0 Å². The highest BCUT2D eigenvalue weighted by molar-refractivity contribution is 5.81. The van der Waals surface area contributed by atoms with Gasteiger partial charge in [0.25, 0.3) is 0 Å². The van der Waals surface area contributed by atoms with Crippen LogP contribution in [0.25, 0.3) is 0 Å². The van der Waals surface area contributed by atoms with Crippen LogP contribution in [0.5, 0.6) is 0 Å². The Balaban J connectivity index is 3.56. The van der Waals surface area contributed by atoms with E-state index in [2.05, 4.69) is 17.1 Å². The van der Waals surface area contributed by atoms with Gasteiger partial charge in [-0.1, -0.05) is 6.08 Å². The number of hydrogen-bond donors (Lipinski definition) is 1. The first kappa shape index (κ1) is 14.1. The third-order valence-electron chi connectivity index (χ3n) is 1.76. The zero-order valence-corrected chi connectivity index (χ0v) is 10.1. The van der Waals surface area contributed by atoms with Crippen molar-refractivity contribution >= 4 is 5.97 Å². The second kappa shape index (κ2) is 8.44. The first-order valence-electron chi connectivity index (χ1n) is 5.27. The van der Waals surface area contributed by atoms with Crippen LogP contribution in [0.3, 0.4) is 0 Å². The van der Waals surface area contributed by atoms with Gasteiger partial charge in [0.15, 0.2) is 0 Å². The maximum Gasteiger partial charge on any atom is 0.330 e. The highest BCUT2D eigenvalue weighted by Crippen LogP contribution is 1.85. The first-order chi connectivity index (χ1) is 7.06. The Morgan fingerprint density at radius 2 is 2.20 bits per heavy atom. The highest BCUT2D eigenvalue weighted by atomic mass is 16.5. The summed E-state index contributed by atoms with van der Waals surface area (Å²) in [6.07, 6.45) is 3.24. The van der Waals surface area contributed by atoms with Gasteiger partial charge in [-0.15, -0.1) is 0 Å². The number of carbonyl (C=O) groups is 1. The van der Waals surface area contributed by atoms with Crippen molar-refractivity contribution < 1.29 is 9.53 Å². The van der Waals surface area contributed by atoms with E-state index in [1.54, 1.807) is 13.0 Å². The van der Waals surface area contributed by atoms with Gasteiger partial charge >= 0.3 is 5.97 Å². The summed E-state index contributed by atoms with van der Waals surface area (Å²) in [5.41, 5.74) is 0. The number of nitrogens with zero attached hydrogens (tertiary/aromatic N) is 1. The van der Waals surface area contributed by atoms with Crippen LogP contribution >= 0.6 is 0 Å². The van der Waals surface area contributed by atoms with E-state index in [9.17, 15) is 4.79 Å². The molecule has 0 amide bonds. The summed E-state index contributed by atoms with van der Waals surface area (Å²) in [4.78, 5) is 13.0. The summed E-state index contributed by atoms with van der Waals surface area (Å²) < 4.78 is 4.75. The molecule has 0 aliphatic rings. The monoisotopic (exact) mass is 214 g/mol. The minimum Gasteiger partial charge on any atom is -0.463 e. The molecule has 0 aromatic heterocycles. The van der Waals surface area contributed by atoms with Gasteiger partial charge in [-0.05, 0) is 27.9 Å². The Kier molecular flexibility index (Phi) is 7.95. The van der Waals surface area contributed by atoms with Gasteiger partial charge in [0.05, 0.1) is 6.61 Å². The van der Waals surface area contributed by atoms with Crippen molar-refractivity contribution in [3.63, 3.8) is 0 Å². The van der Waals surface area contributed by atoms with E-state index < -0.39 is 0 Å². The molecule has 1 atom stereocenters. The standard InChI is InChI=1S/C11H22N2O2/c1-5-15-11(14)7-6-8-12-10(2)9-13(3)4/h6-7,10,12H,5,8-9H2,1-4H3/b7-6+. The van der Waals surface area contributed by atoms with Crippen LogP contribution < -0.4 is 5.32 Å². The fraction of sp³-hybridized carbons (Fsp3) is 0.727. The molecule has 0 aromatic rings. The lowest BCUT2D eigenvalue weighted by Crippen LogP contribution is -2.35. The molecule has 4 nitrogen and oxygen atoms in total. The lowest BCUT2D eigenvalue weighted by Gasteiger charge is -2.17. The molecule has 0 aliphatic heterocycles. The number of rotatable bonds is 7. The van der Waals surface area contributed by atoms with Crippen molar-refractivity contribution in [3.8, 4) is 0 Å². The van der Waals surface area contributed by atoms with Crippen LogP contribution in [0.4, 0.5) is 0 Å². The van der Waals surface area contributed by atoms with Crippen molar-refractivity contribution in [2.75, 3.05) is 33.8 Å². The number of esters is 1. The largest absolute Gasteiger partial charge is 0.463 e. The molecule has 0 aromatic carbocycles. The minimum atomic E-state index is -0.278. The van der Waals surface area contributed by atoms with Gasteiger partial charge in [0.2, 0.25) is 0 Å². The van der Waals surface area contributed by atoms with Gasteiger partial charge in [-0.3, -0.25) is 0 Å². The van der Waals surface area contributed by atoms with Crippen LogP contribution in [0.1, 0.15) is 13.8 Å². The molecular formula is C11H22N2O2. The zero-order chi connectivity index (χ0) is 11.7. The lowest BCUT2D eigenvalue weighted by molar-refractivity contribution is -0.137. The second-order valence-electron chi connectivity index (χ2n) is 3.73. The highest BCUT2D eigenvalue weighted by Gasteiger charge is 2.00. The quantitative estimate of drug-likeness (QED) is 0.499. The Hall–Kier alpha value is -0.870. The minimum absolute atomic E-state index is 0.278. The second-order valence-corrected chi connectivity index (χ2v) is 3.73. The number of hydrogen-bond acceptors (Lipinski definition) is 4.